The molecule has 3 nitrogen and oxygen atoms in total. The molecular formula is C13H19ClF2O3Si. The summed E-state index contributed by atoms with van der Waals surface area (Å²) in [6.45, 7) is 6.47. The highest BCUT2D eigenvalue weighted by molar-refractivity contribution is 6.60. The summed E-state index contributed by atoms with van der Waals surface area (Å²) in [5.74, 6) is -1.26. The molecule has 0 unspecified atom stereocenters. The van der Waals surface area contributed by atoms with Crippen molar-refractivity contribution >= 4 is 20.4 Å². The quantitative estimate of drug-likeness (QED) is 0.538. The van der Waals surface area contributed by atoms with E-state index >= 15 is 0 Å². The second-order valence-corrected chi connectivity index (χ2v) is 6.94. The van der Waals surface area contributed by atoms with Gasteiger partial charge in [-0.25, -0.2) is 8.78 Å². The first-order chi connectivity index (χ1) is 9.49. The molecule has 0 aliphatic heterocycles. The molecule has 0 radical (unpaired) electrons. The Kier molecular flexibility index (Phi) is 7.04. The molecule has 0 aromatic heterocycles. The molecule has 114 valence electrons. The Hall–Kier alpha value is -0.533. The zero-order valence-electron chi connectivity index (χ0n) is 11.8. The minimum absolute atomic E-state index is 0.00491. The second kappa shape index (κ2) is 8.04. The van der Waals surface area contributed by atoms with Crippen LogP contribution in [0.2, 0.25) is 5.02 Å². The van der Waals surface area contributed by atoms with Crippen molar-refractivity contribution in [3.05, 3.63) is 34.4 Å². The SMILES string of the molecule is CCO[Si](Cc1c(F)ccc(F)c1Cl)(OCC)OCC. The van der Waals surface area contributed by atoms with E-state index in [4.69, 9.17) is 24.9 Å². The van der Waals surface area contributed by atoms with Crippen LogP contribution >= 0.6 is 11.6 Å². The zero-order valence-corrected chi connectivity index (χ0v) is 13.6. The molecule has 0 bridgehead atoms. The molecule has 1 aromatic carbocycles. The lowest BCUT2D eigenvalue weighted by atomic mass is 10.2. The molecule has 1 aromatic rings. The summed E-state index contributed by atoms with van der Waals surface area (Å²) in [5.41, 5.74) is 0.0358. The van der Waals surface area contributed by atoms with Gasteiger partial charge in [0, 0.05) is 31.4 Å². The van der Waals surface area contributed by atoms with Crippen LogP contribution in [0, 0.1) is 11.6 Å². The van der Waals surface area contributed by atoms with E-state index in [1.807, 2.05) is 0 Å². The first-order valence-electron chi connectivity index (χ1n) is 6.53. The van der Waals surface area contributed by atoms with Gasteiger partial charge in [-0.15, -0.1) is 0 Å². The molecule has 0 fully saturated rings. The molecule has 7 heteroatoms. The van der Waals surface area contributed by atoms with Gasteiger partial charge in [-0.3, -0.25) is 0 Å². The lowest BCUT2D eigenvalue weighted by molar-refractivity contribution is 0.0701. The third-order valence-corrected chi connectivity index (χ3v) is 6.01. The third kappa shape index (κ3) is 4.23. The van der Waals surface area contributed by atoms with Gasteiger partial charge in [-0.1, -0.05) is 11.6 Å². The van der Waals surface area contributed by atoms with E-state index in [0.717, 1.165) is 12.1 Å². The van der Waals surface area contributed by atoms with Gasteiger partial charge >= 0.3 is 8.80 Å². The zero-order chi connectivity index (χ0) is 15.2. The standard InChI is InChI=1S/C13H19ClF2O3Si/c1-4-17-20(18-5-2,19-6-3)9-10-11(15)7-8-12(16)13(10)14/h7-8H,4-6,9H2,1-3H3. The van der Waals surface area contributed by atoms with Gasteiger partial charge in [-0.2, -0.15) is 0 Å². The maximum Gasteiger partial charge on any atom is 0.505 e. The Morgan fingerprint density at radius 3 is 1.85 bits per heavy atom. The summed E-state index contributed by atoms with van der Waals surface area (Å²) >= 11 is 5.85. The van der Waals surface area contributed by atoms with E-state index in [0.29, 0.717) is 19.8 Å². The Morgan fingerprint density at radius 2 is 1.40 bits per heavy atom. The van der Waals surface area contributed by atoms with E-state index in [9.17, 15) is 8.78 Å². The van der Waals surface area contributed by atoms with Gasteiger partial charge in [-0.05, 0) is 32.9 Å². The summed E-state index contributed by atoms with van der Waals surface area (Å²) in [6, 6.07) is 2.04. The van der Waals surface area contributed by atoms with Gasteiger partial charge < -0.3 is 13.3 Å². The Balaban J connectivity index is 3.14. The average Bonchev–Trinajstić information content (AvgIpc) is 2.40. The molecule has 0 spiro atoms. The molecule has 0 aliphatic rings. The average molecular weight is 325 g/mol. The summed E-state index contributed by atoms with van der Waals surface area (Å²) in [4.78, 5) is 0. The van der Waals surface area contributed by atoms with Crippen molar-refractivity contribution in [3.63, 3.8) is 0 Å². The molecule has 0 atom stereocenters. The van der Waals surface area contributed by atoms with Gasteiger partial charge in [0.05, 0.1) is 5.02 Å². The van der Waals surface area contributed by atoms with Crippen molar-refractivity contribution in [1.29, 1.82) is 0 Å². The van der Waals surface area contributed by atoms with E-state index in [-0.39, 0.29) is 16.6 Å². The normalized spacial score (nSPS) is 11.9. The Bertz CT molecular complexity index is 429. The topological polar surface area (TPSA) is 27.7 Å². The number of halogens is 3. The molecular weight excluding hydrogens is 306 g/mol. The maximum absolute atomic E-state index is 13.9. The Morgan fingerprint density at radius 1 is 0.950 bits per heavy atom. The van der Waals surface area contributed by atoms with Gasteiger partial charge in [0.15, 0.2) is 0 Å². The number of hydrogen-bond acceptors (Lipinski definition) is 3. The molecule has 0 saturated carbocycles. The second-order valence-electron chi connectivity index (χ2n) is 3.98. The smallest absolute Gasteiger partial charge is 0.374 e. The predicted octanol–water partition coefficient (Wildman–Crippen LogP) is 3.75. The van der Waals surface area contributed by atoms with Crippen molar-refractivity contribution in [2.75, 3.05) is 19.8 Å². The molecule has 20 heavy (non-hydrogen) atoms. The fourth-order valence-electron chi connectivity index (χ4n) is 1.89. The van der Waals surface area contributed by atoms with Crippen molar-refractivity contribution in [2.24, 2.45) is 0 Å². The van der Waals surface area contributed by atoms with Gasteiger partial charge in [0.1, 0.15) is 11.6 Å². The molecule has 1 rings (SSSR count). The minimum Gasteiger partial charge on any atom is -0.374 e. The molecule has 0 aliphatic carbocycles. The highest BCUT2D eigenvalue weighted by atomic mass is 35.5. The van der Waals surface area contributed by atoms with Crippen LogP contribution in [0.25, 0.3) is 0 Å². The van der Waals surface area contributed by atoms with E-state index in [1.165, 1.54) is 0 Å². The predicted molar refractivity (Wildman–Crippen MR) is 75.7 cm³/mol. The van der Waals surface area contributed by atoms with Crippen LogP contribution in [0.5, 0.6) is 0 Å². The van der Waals surface area contributed by atoms with Crippen molar-refractivity contribution in [1.82, 2.24) is 0 Å². The monoisotopic (exact) mass is 324 g/mol. The van der Waals surface area contributed by atoms with Crippen molar-refractivity contribution in [2.45, 2.75) is 26.8 Å². The summed E-state index contributed by atoms with van der Waals surface area (Å²) in [7, 11) is -3.11. The van der Waals surface area contributed by atoms with Crippen LogP contribution in [0.1, 0.15) is 26.3 Å². The molecule has 0 saturated heterocycles. The summed E-state index contributed by atoms with van der Waals surface area (Å²) < 4.78 is 44.2. The molecule has 0 N–H and O–H groups in total. The fourth-order valence-corrected chi connectivity index (χ4v) is 4.87. The number of rotatable bonds is 8. The van der Waals surface area contributed by atoms with Gasteiger partial charge in [0.25, 0.3) is 0 Å². The van der Waals surface area contributed by atoms with Gasteiger partial charge in [0.2, 0.25) is 0 Å². The number of benzene rings is 1. The van der Waals surface area contributed by atoms with E-state index in [1.54, 1.807) is 20.8 Å². The third-order valence-electron chi connectivity index (χ3n) is 2.62. The minimum atomic E-state index is -3.11. The summed E-state index contributed by atoms with van der Waals surface area (Å²) in [6.07, 6.45) is 0. The maximum atomic E-state index is 13.9. The number of hydrogen-bond donors (Lipinski definition) is 0. The lowest BCUT2D eigenvalue weighted by Crippen LogP contribution is -2.49. The van der Waals surface area contributed by atoms with E-state index < -0.39 is 20.4 Å². The van der Waals surface area contributed by atoms with Crippen LogP contribution in [0.15, 0.2) is 12.1 Å². The molecule has 0 amide bonds. The van der Waals surface area contributed by atoms with Crippen LogP contribution in [0.3, 0.4) is 0 Å². The summed E-state index contributed by atoms with van der Waals surface area (Å²) in [5, 5.41) is -0.249. The lowest BCUT2D eigenvalue weighted by Gasteiger charge is -2.28. The highest BCUT2D eigenvalue weighted by Crippen LogP contribution is 2.27. The van der Waals surface area contributed by atoms with Crippen molar-refractivity contribution < 1.29 is 22.1 Å². The van der Waals surface area contributed by atoms with Crippen LogP contribution in [-0.4, -0.2) is 28.6 Å². The largest absolute Gasteiger partial charge is 0.505 e. The van der Waals surface area contributed by atoms with Crippen molar-refractivity contribution in [3.8, 4) is 0 Å². The first kappa shape index (κ1) is 17.5. The highest BCUT2D eigenvalue weighted by Gasteiger charge is 2.42. The Labute approximate surface area is 124 Å². The first-order valence-corrected chi connectivity index (χ1v) is 8.84. The van der Waals surface area contributed by atoms with E-state index in [2.05, 4.69) is 0 Å². The fraction of sp³-hybridized carbons (Fsp3) is 0.538. The van der Waals surface area contributed by atoms with Crippen LogP contribution in [0.4, 0.5) is 8.78 Å². The molecule has 0 heterocycles. The van der Waals surface area contributed by atoms with Crippen LogP contribution in [-0.2, 0) is 19.3 Å². The van der Waals surface area contributed by atoms with Crippen LogP contribution < -0.4 is 0 Å².